The lowest BCUT2D eigenvalue weighted by Crippen LogP contribution is -2.21. The first kappa shape index (κ1) is 14.8. The Bertz CT molecular complexity index is 813. The number of ether oxygens (including phenoxy) is 1. The van der Waals surface area contributed by atoms with Crippen molar-refractivity contribution in [1.82, 2.24) is 4.57 Å². The summed E-state index contributed by atoms with van der Waals surface area (Å²) in [5.41, 5.74) is 1.64. The van der Waals surface area contributed by atoms with Crippen LogP contribution in [0.2, 0.25) is 0 Å². The highest BCUT2D eigenvalue weighted by molar-refractivity contribution is 5.91. The molecule has 0 unspecified atom stereocenters. The summed E-state index contributed by atoms with van der Waals surface area (Å²) in [6.07, 6.45) is 3.36. The van der Waals surface area contributed by atoms with Gasteiger partial charge in [-0.15, -0.1) is 0 Å². The normalized spacial score (nSPS) is 11.0. The van der Waals surface area contributed by atoms with E-state index in [1.165, 1.54) is 6.92 Å². The number of aryl methyl sites for hydroxylation is 1. The highest BCUT2D eigenvalue weighted by Gasteiger charge is 2.15. The van der Waals surface area contributed by atoms with Gasteiger partial charge in [-0.2, -0.15) is 0 Å². The van der Waals surface area contributed by atoms with Crippen molar-refractivity contribution in [2.75, 3.05) is 0 Å². The Kier molecular flexibility index (Phi) is 4.08. The van der Waals surface area contributed by atoms with E-state index < -0.39 is 5.97 Å². The Labute approximate surface area is 123 Å². The lowest BCUT2D eigenvalue weighted by Gasteiger charge is -2.13. The largest absolute Gasteiger partial charge is 0.425 e. The predicted octanol–water partition coefficient (Wildman–Crippen LogP) is 3.05. The maximum Gasteiger partial charge on any atom is 0.308 e. The summed E-state index contributed by atoms with van der Waals surface area (Å²) >= 11 is 0. The fraction of sp³-hybridized carbons (Fsp3) is 0.176. The van der Waals surface area contributed by atoms with Gasteiger partial charge in [0.1, 0.15) is 0 Å². The molecule has 0 aliphatic rings. The number of carbonyl (C=O) groups is 1. The van der Waals surface area contributed by atoms with E-state index in [4.69, 9.17) is 4.74 Å². The van der Waals surface area contributed by atoms with Crippen LogP contribution >= 0.6 is 0 Å². The third-order valence-corrected chi connectivity index (χ3v) is 3.07. The molecule has 0 fully saturated rings. The standard InChI is InChI=1S/C17H17NO3/c1-11(2)9-10-14-16(21-12(3)19)13-7-5-6-8-15(13)18(4)17(14)20/h5-10H,1H2,2-4H3/b10-9+. The second-order valence-electron chi connectivity index (χ2n) is 4.90. The summed E-state index contributed by atoms with van der Waals surface area (Å²) in [5, 5.41) is 0.719. The SMILES string of the molecule is C=C(C)/C=C/c1c(OC(C)=O)c2ccccc2n(C)c1=O. The van der Waals surface area contributed by atoms with E-state index in [-0.39, 0.29) is 5.56 Å². The van der Waals surface area contributed by atoms with Gasteiger partial charge in [0.25, 0.3) is 5.56 Å². The average Bonchev–Trinajstić information content (AvgIpc) is 2.43. The Morgan fingerprint density at radius 1 is 1.29 bits per heavy atom. The first-order valence-corrected chi connectivity index (χ1v) is 6.55. The third-order valence-electron chi connectivity index (χ3n) is 3.07. The van der Waals surface area contributed by atoms with Crippen LogP contribution in [0.25, 0.3) is 17.0 Å². The quantitative estimate of drug-likeness (QED) is 0.642. The van der Waals surface area contributed by atoms with Crippen LogP contribution in [0, 0.1) is 0 Å². The molecule has 2 aromatic rings. The van der Waals surface area contributed by atoms with Crippen LogP contribution in [-0.2, 0) is 11.8 Å². The average molecular weight is 283 g/mol. The number of rotatable bonds is 3. The second kappa shape index (κ2) is 5.79. The van der Waals surface area contributed by atoms with E-state index in [0.717, 1.165) is 11.0 Å². The van der Waals surface area contributed by atoms with Crippen LogP contribution in [0.1, 0.15) is 19.4 Å². The number of esters is 1. The molecule has 2 rings (SSSR count). The minimum Gasteiger partial charge on any atom is -0.425 e. The molecule has 1 aromatic carbocycles. The molecule has 0 amide bonds. The van der Waals surface area contributed by atoms with Crippen molar-refractivity contribution in [3.8, 4) is 5.75 Å². The van der Waals surface area contributed by atoms with E-state index in [1.54, 1.807) is 23.8 Å². The minimum atomic E-state index is -0.460. The number of hydrogen-bond donors (Lipinski definition) is 0. The van der Waals surface area contributed by atoms with Gasteiger partial charge in [-0.1, -0.05) is 30.4 Å². The van der Waals surface area contributed by atoms with Crippen molar-refractivity contribution in [3.05, 3.63) is 58.4 Å². The van der Waals surface area contributed by atoms with Crippen molar-refractivity contribution in [2.24, 2.45) is 7.05 Å². The van der Waals surface area contributed by atoms with Crippen LogP contribution in [0.5, 0.6) is 5.75 Å². The lowest BCUT2D eigenvalue weighted by molar-refractivity contribution is -0.131. The maximum absolute atomic E-state index is 12.5. The van der Waals surface area contributed by atoms with Gasteiger partial charge in [0.2, 0.25) is 0 Å². The number of aromatic nitrogens is 1. The zero-order valence-corrected chi connectivity index (χ0v) is 12.3. The van der Waals surface area contributed by atoms with Crippen molar-refractivity contribution in [1.29, 1.82) is 0 Å². The van der Waals surface area contributed by atoms with E-state index >= 15 is 0 Å². The van der Waals surface area contributed by atoms with Gasteiger partial charge in [0, 0.05) is 19.4 Å². The fourth-order valence-corrected chi connectivity index (χ4v) is 2.12. The van der Waals surface area contributed by atoms with Crippen LogP contribution in [0.4, 0.5) is 0 Å². The van der Waals surface area contributed by atoms with Crippen molar-refractivity contribution < 1.29 is 9.53 Å². The van der Waals surface area contributed by atoms with E-state index in [2.05, 4.69) is 6.58 Å². The second-order valence-corrected chi connectivity index (χ2v) is 4.90. The molecular weight excluding hydrogens is 266 g/mol. The molecular formula is C17H17NO3. The van der Waals surface area contributed by atoms with Crippen LogP contribution < -0.4 is 10.3 Å². The third kappa shape index (κ3) is 2.94. The molecule has 0 spiro atoms. The highest BCUT2D eigenvalue weighted by atomic mass is 16.5. The summed E-state index contributed by atoms with van der Waals surface area (Å²) in [4.78, 5) is 23.9. The molecule has 0 saturated heterocycles. The molecule has 0 atom stereocenters. The number of pyridine rings is 1. The van der Waals surface area contributed by atoms with Gasteiger partial charge < -0.3 is 9.30 Å². The summed E-state index contributed by atoms with van der Waals surface area (Å²) in [7, 11) is 1.69. The minimum absolute atomic E-state index is 0.220. The topological polar surface area (TPSA) is 48.3 Å². The van der Waals surface area contributed by atoms with E-state index in [1.807, 2.05) is 31.2 Å². The molecule has 0 aliphatic heterocycles. The smallest absolute Gasteiger partial charge is 0.308 e. The van der Waals surface area contributed by atoms with Crippen LogP contribution in [0.3, 0.4) is 0 Å². The predicted molar refractivity (Wildman–Crippen MR) is 84.3 cm³/mol. The lowest BCUT2D eigenvalue weighted by atomic mass is 10.1. The maximum atomic E-state index is 12.5. The van der Waals surface area contributed by atoms with Crippen LogP contribution in [0.15, 0.2) is 47.3 Å². The molecule has 4 nitrogen and oxygen atoms in total. The summed E-state index contributed by atoms with van der Waals surface area (Å²) in [6.45, 7) is 6.92. The molecule has 1 aromatic heterocycles. The van der Waals surface area contributed by atoms with Crippen LogP contribution in [-0.4, -0.2) is 10.5 Å². The van der Waals surface area contributed by atoms with Gasteiger partial charge in [0.15, 0.2) is 5.75 Å². The molecule has 0 bridgehead atoms. The number of fused-ring (bicyclic) bond motifs is 1. The molecule has 4 heteroatoms. The zero-order valence-electron chi connectivity index (χ0n) is 12.3. The summed E-state index contributed by atoms with van der Waals surface area (Å²) in [5.74, 6) is -0.169. The van der Waals surface area contributed by atoms with Crippen molar-refractivity contribution in [2.45, 2.75) is 13.8 Å². The number of hydrogen-bond acceptors (Lipinski definition) is 3. The monoisotopic (exact) mass is 283 g/mol. The highest BCUT2D eigenvalue weighted by Crippen LogP contribution is 2.28. The van der Waals surface area contributed by atoms with Crippen molar-refractivity contribution >= 4 is 22.9 Å². The van der Waals surface area contributed by atoms with E-state index in [0.29, 0.717) is 16.8 Å². The zero-order chi connectivity index (χ0) is 15.6. The number of allylic oxidation sites excluding steroid dienone is 2. The van der Waals surface area contributed by atoms with Gasteiger partial charge in [-0.25, -0.2) is 0 Å². The molecule has 21 heavy (non-hydrogen) atoms. The van der Waals surface area contributed by atoms with Gasteiger partial charge in [-0.3, -0.25) is 9.59 Å². The molecule has 1 heterocycles. The number of para-hydroxylation sites is 1. The van der Waals surface area contributed by atoms with Gasteiger partial charge >= 0.3 is 5.97 Å². The van der Waals surface area contributed by atoms with Gasteiger partial charge in [0.05, 0.1) is 11.1 Å². The molecule has 0 N–H and O–H groups in total. The van der Waals surface area contributed by atoms with E-state index in [9.17, 15) is 9.59 Å². The van der Waals surface area contributed by atoms with Gasteiger partial charge in [-0.05, 0) is 25.1 Å². The number of benzene rings is 1. The summed E-state index contributed by atoms with van der Waals surface area (Å²) < 4.78 is 6.84. The van der Waals surface area contributed by atoms with Crippen molar-refractivity contribution in [3.63, 3.8) is 0 Å². The first-order chi connectivity index (χ1) is 9.91. The molecule has 0 radical (unpaired) electrons. The first-order valence-electron chi connectivity index (χ1n) is 6.55. The Morgan fingerprint density at radius 2 is 1.95 bits per heavy atom. The Hall–Kier alpha value is -2.62. The molecule has 108 valence electrons. The Morgan fingerprint density at radius 3 is 2.57 bits per heavy atom. The Balaban J connectivity index is 2.87. The molecule has 0 saturated carbocycles. The number of nitrogens with zero attached hydrogens (tertiary/aromatic N) is 1. The fourth-order valence-electron chi connectivity index (χ4n) is 2.12. The summed E-state index contributed by atoms with van der Waals surface area (Å²) in [6, 6.07) is 7.32. The molecule has 0 aliphatic carbocycles. The number of carbonyl (C=O) groups excluding carboxylic acids is 1.